The van der Waals surface area contributed by atoms with Crippen LogP contribution in [0.5, 0.6) is 0 Å². The number of ether oxygens (including phenoxy) is 1. The van der Waals surface area contributed by atoms with E-state index in [0.717, 1.165) is 18.6 Å². The highest BCUT2D eigenvalue weighted by atomic mass is 35.5. The summed E-state index contributed by atoms with van der Waals surface area (Å²) in [5.74, 6) is -0.448. The molecule has 2 aromatic rings. The molecule has 2 heterocycles. The number of nitrogens with one attached hydrogen (secondary N) is 1. The zero-order valence-electron chi connectivity index (χ0n) is 11.0. The van der Waals surface area contributed by atoms with E-state index in [1.807, 2.05) is 4.57 Å². The lowest BCUT2D eigenvalue weighted by Gasteiger charge is -2.30. The van der Waals surface area contributed by atoms with Crippen LogP contribution in [0.2, 0.25) is 5.02 Å². The number of hydrogen-bond donors (Lipinski definition) is 1. The maximum atomic E-state index is 13.5. The van der Waals surface area contributed by atoms with Gasteiger partial charge in [0.25, 0.3) is 0 Å². The molecule has 0 spiro atoms. The molecule has 108 valence electrons. The van der Waals surface area contributed by atoms with Gasteiger partial charge in [-0.05, 0) is 25.3 Å². The molecule has 1 aliphatic heterocycles. The summed E-state index contributed by atoms with van der Waals surface area (Å²) in [4.78, 5) is 5.23. The number of aromatic nitrogens is 2. The third kappa shape index (κ3) is 2.61. The minimum Gasteiger partial charge on any atom is -0.374 e. The van der Waals surface area contributed by atoms with Crippen LogP contribution in [0.15, 0.2) is 12.1 Å². The minimum absolute atomic E-state index is 0.0725. The number of H-pyrrole nitrogens is 1. The van der Waals surface area contributed by atoms with Crippen LogP contribution < -0.4 is 0 Å². The summed E-state index contributed by atoms with van der Waals surface area (Å²) in [6.45, 7) is 3.13. The molecule has 1 aliphatic rings. The van der Waals surface area contributed by atoms with Crippen molar-refractivity contribution in [3.05, 3.63) is 27.7 Å². The van der Waals surface area contributed by atoms with Crippen molar-refractivity contribution in [2.75, 3.05) is 26.7 Å². The van der Waals surface area contributed by atoms with Crippen LogP contribution in [0.1, 0.15) is 0 Å². The summed E-state index contributed by atoms with van der Waals surface area (Å²) >= 11 is 11.2. The summed E-state index contributed by atoms with van der Waals surface area (Å²) in [5.41, 5.74) is 1.46. The molecule has 1 N–H and O–H groups in total. The number of hydrogen-bond acceptors (Lipinski definition) is 3. The summed E-state index contributed by atoms with van der Waals surface area (Å²) < 4.78 is 21.7. The Kier molecular flexibility index (Phi) is 3.81. The number of imidazole rings is 1. The number of halogens is 2. The second kappa shape index (κ2) is 5.44. The van der Waals surface area contributed by atoms with Crippen molar-refractivity contribution in [3.63, 3.8) is 0 Å². The van der Waals surface area contributed by atoms with Gasteiger partial charge in [0.15, 0.2) is 4.77 Å². The monoisotopic (exact) mass is 315 g/mol. The molecule has 4 nitrogen and oxygen atoms in total. The fourth-order valence-corrected chi connectivity index (χ4v) is 2.95. The topological polar surface area (TPSA) is 33.2 Å². The zero-order valence-corrected chi connectivity index (χ0v) is 12.6. The van der Waals surface area contributed by atoms with Crippen molar-refractivity contribution < 1.29 is 9.13 Å². The molecule has 0 aliphatic carbocycles. The Morgan fingerprint density at radius 3 is 3.10 bits per heavy atom. The van der Waals surface area contributed by atoms with E-state index in [1.165, 1.54) is 6.07 Å². The zero-order chi connectivity index (χ0) is 14.3. The molecular weight excluding hydrogens is 301 g/mol. The number of rotatable bonds is 2. The maximum absolute atomic E-state index is 13.5. The van der Waals surface area contributed by atoms with Gasteiger partial charge in [-0.15, -0.1) is 0 Å². The predicted molar refractivity (Wildman–Crippen MR) is 79.3 cm³/mol. The molecule has 0 saturated carbocycles. The van der Waals surface area contributed by atoms with E-state index in [2.05, 4.69) is 16.9 Å². The number of nitrogens with zero attached hydrogens (tertiary/aromatic N) is 2. The standard InChI is InChI=1S/C13H15ClFN3OS/c1-17-2-3-19-8(6-17)7-18-12-4-9(14)10(15)5-11(12)16-13(18)20/h4-5,8H,2-3,6-7H2,1H3,(H,16,20). The Balaban J connectivity index is 1.96. The van der Waals surface area contributed by atoms with Crippen molar-refractivity contribution in [2.24, 2.45) is 0 Å². The quantitative estimate of drug-likeness (QED) is 0.865. The Morgan fingerprint density at radius 1 is 1.55 bits per heavy atom. The van der Waals surface area contributed by atoms with Crippen molar-refractivity contribution in [2.45, 2.75) is 12.6 Å². The predicted octanol–water partition coefficient (Wildman–Crippen LogP) is 2.82. The van der Waals surface area contributed by atoms with Crippen LogP contribution >= 0.6 is 23.8 Å². The average molecular weight is 316 g/mol. The molecule has 1 fully saturated rings. The minimum atomic E-state index is -0.448. The van der Waals surface area contributed by atoms with Crippen LogP contribution in [0.4, 0.5) is 4.39 Å². The molecule has 0 amide bonds. The third-order valence-electron chi connectivity index (χ3n) is 3.54. The van der Waals surface area contributed by atoms with Crippen molar-refractivity contribution in [1.82, 2.24) is 14.5 Å². The van der Waals surface area contributed by atoms with Crippen LogP contribution in [0, 0.1) is 10.6 Å². The van der Waals surface area contributed by atoms with E-state index < -0.39 is 5.82 Å². The summed E-state index contributed by atoms with van der Waals surface area (Å²) in [5, 5.41) is 0.0990. The second-order valence-corrected chi connectivity index (χ2v) is 5.87. The third-order valence-corrected chi connectivity index (χ3v) is 4.16. The molecule has 0 bridgehead atoms. The van der Waals surface area contributed by atoms with E-state index >= 15 is 0 Å². The summed E-state index contributed by atoms with van der Waals surface area (Å²) in [6.07, 6.45) is 0.0725. The van der Waals surface area contributed by atoms with E-state index in [1.54, 1.807) is 6.07 Å². The second-order valence-electron chi connectivity index (χ2n) is 5.08. The van der Waals surface area contributed by atoms with Crippen LogP contribution in [-0.2, 0) is 11.3 Å². The molecule has 1 atom stereocenters. The van der Waals surface area contributed by atoms with Crippen LogP contribution in [0.25, 0.3) is 11.0 Å². The Bertz CT molecular complexity index is 699. The summed E-state index contributed by atoms with van der Waals surface area (Å²) in [6, 6.07) is 2.98. The lowest BCUT2D eigenvalue weighted by molar-refractivity contribution is -0.0271. The fraction of sp³-hybridized carbons (Fsp3) is 0.462. The van der Waals surface area contributed by atoms with Crippen molar-refractivity contribution >= 4 is 34.9 Å². The lowest BCUT2D eigenvalue weighted by atomic mass is 10.2. The fourth-order valence-electron chi connectivity index (χ4n) is 2.51. The van der Waals surface area contributed by atoms with Gasteiger partial charge in [-0.1, -0.05) is 11.6 Å². The molecule has 7 heteroatoms. The Hall–Kier alpha value is -0.950. The van der Waals surface area contributed by atoms with Gasteiger partial charge in [0, 0.05) is 19.2 Å². The number of fused-ring (bicyclic) bond motifs is 1. The first-order valence-corrected chi connectivity index (χ1v) is 7.21. The van der Waals surface area contributed by atoms with E-state index in [4.69, 9.17) is 28.6 Å². The molecule has 1 aromatic heterocycles. The van der Waals surface area contributed by atoms with Crippen LogP contribution in [0.3, 0.4) is 0 Å². The highest BCUT2D eigenvalue weighted by molar-refractivity contribution is 7.71. The number of likely N-dealkylation sites (N-methyl/N-ethyl adjacent to an activating group) is 1. The largest absolute Gasteiger partial charge is 0.374 e. The van der Waals surface area contributed by atoms with Gasteiger partial charge in [-0.2, -0.15) is 0 Å². The lowest BCUT2D eigenvalue weighted by Crippen LogP contribution is -2.41. The molecule has 1 aromatic carbocycles. The smallest absolute Gasteiger partial charge is 0.178 e. The van der Waals surface area contributed by atoms with Gasteiger partial charge in [-0.25, -0.2) is 4.39 Å². The van der Waals surface area contributed by atoms with Gasteiger partial charge in [0.1, 0.15) is 5.82 Å². The van der Waals surface area contributed by atoms with Gasteiger partial charge in [0.2, 0.25) is 0 Å². The Labute approximate surface area is 126 Å². The van der Waals surface area contributed by atoms with E-state index in [0.29, 0.717) is 23.4 Å². The number of benzene rings is 1. The highest BCUT2D eigenvalue weighted by Gasteiger charge is 2.20. The van der Waals surface area contributed by atoms with Gasteiger partial charge < -0.3 is 19.2 Å². The summed E-state index contributed by atoms with van der Waals surface area (Å²) in [7, 11) is 2.07. The number of aromatic amines is 1. The molecular formula is C13H15ClFN3OS. The highest BCUT2D eigenvalue weighted by Crippen LogP contribution is 2.23. The first-order valence-electron chi connectivity index (χ1n) is 6.42. The molecule has 0 radical (unpaired) electrons. The average Bonchev–Trinajstić information content (AvgIpc) is 2.67. The SMILES string of the molecule is CN1CCOC(Cn2c(=S)[nH]c3cc(F)c(Cl)cc32)C1. The van der Waals surface area contributed by atoms with Crippen molar-refractivity contribution in [3.8, 4) is 0 Å². The normalized spacial score (nSPS) is 20.6. The van der Waals surface area contributed by atoms with E-state index in [9.17, 15) is 4.39 Å². The van der Waals surface area contributed by atoms with Gasteiger partial charge in [-0.3, -0.25) is 0 Å². The first kappa shape index (κ1) is 14.0. The van der Waals surface area contributed by atoms with Gasteiger partial charge in [0.05, 0.1) is 35.3 Å². The number of morpholine rings is 1. The van der Waals surface area contributed by atoms with Crippen LogP contribution in [-0.4, -0.2) is 47.3 Å². The maximum Gasteiger partial charge on any atom is 0.178 e. The molecule has 3 rings (SSSR count). The van der Waals surface area contributed by atoms with E-state index in [-0.39, 0.29) is 11.1 Å². The Morgan fingerprint density at radius 2 is 2.35 bits per heavy atom. The van der Waals surface area contributed by atoms with Crippen molar-refractivity contribution in [1.29, 1.82) is 0 Å². The molecule has 1 unspecified atom stereocenters. The first-order chi connectivity index (χ1) is 9.54. The molecule has 20 heavy (non-hydrogen) atoms. The van der Waals surface area contributed by atoms with Gasteiger partial charge >= 0.3 is 0 Å². The molecule has 1 saturated heterocycles.